The standard InChI is InChI=1S/C17H18O4/c18-17(19)11-4-5-12-20-15-9-6-10-16(13-15)21-14-7-2-1-3-8-14/h1-3,6-10,13H,4-5,11-12H2,(H,18,19). The summed E-state index contributed by atoms with van der Waals surface area (Å²) in [5.74, 6) is 1.44. The van der Waals surface area contributed by atoms with Gasteiger partial charge in [0, 0.05) is 12.5 Å². The number of carbonyl (C=O) groups is 1. The fourth-order valence-electron chi connectivity index (χ4n) is 1.82. The average Bonchev–Trinajstić information content (AvgIpc) is 2.48. The summed E-state index contributed by atoms with van der Waals surface area (Å²) in [6, 6.07) is 17.0. The Morgan fingerprint density at radius 2 is 1.62 bits per heavy atom. The zero-order valence-corrected chi connectivity index (χ0v) is 11.7. The molecule has 0 atom stereocenters. The van der Waals surface area contributed by atoms with E-state index in [4.69, 9.17) is 14.6 Å². The molecular weight excluding hydrogens is 268 g/mol. The third-order valence-electron chi connectivity index (χ3n) is 2.84. The van der Waals surface area contributed by atoms with E-state index in [-0.39, 0.29) is 6.42 Å². The van der Waals surface area contributed by atoms with Crippen molar-refractivity contribution >= 4 is 5.97 Å². The van der Waals surface area contributed by atoms with Crippen LogP contribution in [0.5, 0.6) is 17.2 Å². The average molecular weight is 286 g/mol. The molecule has 0 saturated heterocycles. The zero-order valence-electron chi connectivity index (χ0n) is 11.7. The van der Waals surface area contributed by atoms with Gasteiger partial charge in [-0.2, -0.15) is 0 Å². The van der Waals surface area contributed by atoms with Crippen molar-refractivity contribution in [1.29, 1.82) is 0 Å². The van der Waals surface area contributed by atoms with Gasteiger partial charge < -0.3 is 14.6 Å². The maximum atomic E-state index is 10.4. The minimum atomic E-state index is -0.770. The molecule has 0 aliphatic rings. The molecule has 0 spiro atoms. The van der Waals surface area contributed by atoms with Gasteiger partial charge >= 0.3 is 5.97 Å². The van der Waals surface area contributed by atoms with Crippen molar-refractivity contribution in [1.82, 2.24) is 0 Å². The van der Waals surface area contributed by atoms with E-state index in [0.29, 0.717) is 18.8 Å². The van der Waals surface area contributed by atoms with Crippen molar-refractivity contribution in [2.45, 2.75) is 19.3 Å². The Bertz CT molecular complexity index is 566. The van der Waals surface area contributed by atoms with Crippen molar-refractivity contribution in [2.75, 3.05) is 6.61 Å². The molecule has 110 valence electrons. The summed E-state index contributed by atoms with van der Waals surface area (Å²) >= 11 is 0. The third kappa shape index (κ3) is 5.57. The second-order valence-electron chi connectivity index (χ2n) is 4.59. The van der Waals surface area contributed by atoms with Crippen LogP contribution in [-0.4, -0.2) is 17.7 Å². The molecule has 0 saturated carbocycles. The number of para-hydroxylation sites is 1. The Balaban J connectivity index is 1.82. The highest BCUT2D eigenvalue weighted by Gasteiger charge is 2.01. The summed E-state index contributed by atoms with van der Waals surface area (Å²) in [7, 11) is 0. The van der Waals surface area contributed by atoms with Gasteiger partial charge in [-0.1, -0.05) is 24.3 Å². The maximum absolute atomic E-state index is 10.4. The van der Waals surface area contributed by atoms with Crippen LogP contribution in [0.2, 0.25) is 0 Å². The lowest BCUT2D eigenvalue weighted by atomic mass is 10.2. The first-order valence-corrected chi connectivity index (χ1v) is 6.91. The Morgan fingerprint density at radius 1 is 0.905 bits per heavy atom. The zero-order chi connectivity index (χ0) is 14.9. The van der Waals surface area contributed by atoms with Crippen molar-refractivity contribution in [3.63, 3.8) is 0 Å². The fraction of sp³-hybridized carbons (Fsp3) is 0.235. The van der Waals surface area contributed by atoms with Crippen LogP contribution in [0, 0.1) is 0 Å². The molecule has 21 heavy (non-hydrogen) atoms. The SMILES string of the molecule is O=C(O)CCCCOc1cccc(Oc2ccccc2)c1. The lowest BCUT2D eigenvalue weighted by Crippen LogP contribution is -2.00. The number of hydrogen-bond donors (Lipinski definition) is 1. The van der Waals surface area contributed by atoms with E-state index in [1.807, 2.05) is 54.6 Å². The van der Waals surface area contributed by atoms with Gasteiger partial charge in [-0.15, -0.1) is 0 Å². The number of benzene rings is 2. The van der Waals surface area contributed by atoms with Gasteiger partial charge in [0.15, 0.2) is 0 Å². The predicted octanol–water partition coefficient (Wildman–Crippen LogP) is 4.11. The minimum Gasteiger partial charge on any atom is -0.493 e. The number of rotatable bonds is 8. The lowest BCUT2D eigenvalue weighted by Gasteiger charge is -2.09. The quantitative estimate of drug-likeness (QED) is 0.742. The molecule has 2 aromatic carbocycles. The van der Waals surface area contributed by atoms with Gasteiger partial charge in [-0.05, 0) is 37.1 Å². The number of carboxylic acid groups (broad SMARTS) is 1. The Morgan fingerprint density at radius 3 is 2.38 bits per heavy atom. The summed E-state index contributed by atoms with van der Waals surface area (Å²) in [5.41, 5.74) is 0. The molecule has 0 bridgehead atoms. The van der Waals surface area contributed by atoms with Crippen LogP contribution in [0.1, 0.15) is 19.3 Å². The molecule has 2 rings (SSSR count). The fourth-order valence-corrected chi connectivity index (χ4v) is 1.82. The predicted molar refractivity (Wildman–Crippen MR) is 79.9 cm³/mol. The first-order valence-electron chi connectivity index (χ1n) is 6.91. The monoisotopic (exact) mass is 286 g/mol. The Kier molecular flexibility index (Phi) is 5.64. The van der Waals surface area contributed by atoms with Crippen molar-refractivity contribution in [3.8, 4) is 17.2 Å². The van der Waals surface area contributed by atoms with E-state index in [1.165, 1.54) is 0 Å². The molecule has 0 aliphatic heterocycles. The summed E-state index contributed by atoms with van der Waals surface area (Å²) in [4.78, 5) is 10.4. The number of hydrogen-bond acceptors (Lipinski definition) is 3. The van der Waals surface area contributed by atoms with Gasteiger partial charge in [0.25, 0.3) is 0 Å². The van der Waals surface area contributed by atoms with Crippen LogP contribution >= 0.6 is 0 Å². The molecule has 0 unspecified atom stereocenters. The molecule has 4 nitrogen and oxygen atoms in total. The molecule has 0 aliphatic carbocycles. The number of ether oxygens (including phenoxy) is 2. The number of carboxylic acids is 1. The minimum absolute atomic E-state index is 0.181. The van der Waals surface area contributed by atoms with Crippen LogP contribution in [0.3, 0.4) is 0 Å². The molecule has 1 N–H and O–H groups in total. The second kappa shape index (κ2) is 7.94. The highest BCUT2D eigenvalue weighted by molar-refractivity contribution is 5.66. The van der Waals surface area contributed by atoms with Gasteiger partial charge in [0.05, 0.1) is 6.61 Å². The smallest absolute Gasteiger partial charge is 0.303 e. The van der Waals surface area contributed by atoms with Gasteiger partial charge in [-0.3, -0.25) is 4.79 Å². The van der Waals surface area contributed by atoms with Crippen LogP contribution in [0.25, 0.3) is 0 Å². The van der Waals surface area contributed by atoms with E-state index >= 15 is 0 Å². The Labute approximate surface area is 123 Å². The first-order chi connectivity index (χ1) is 10.2. The van der Waals surface area contributed by atoms with E-state index in [9.17, 15) is 4.79 Å². The molecule has 0 heterocycles. The maximum Gasteiger partial charge on any atom is 0.303 e. The molecule has 0 aromatic heterocycles. The lowest BCUT2D eigenvalue weighted by molar-refractivity contribution is -0.137. The van der Waals surface area contributed by atoms with Crippen LogP contribution in [0.15, 0.2) is 54.6 Å². The molecule has 0 amide bonds. The molecule has 2 aromatic rings. The number of unbranched alkanes of at least 4 members (excludes halogenated alkanes) is 1. The van der Waals surface area contributed by atoms with Crippen LogP contribution < -0.4 is 9.47 Å². The first kappa shape index (κ1) is 14.9. The molecule has 0 fully saturated rings. The van der Waals surface area contributed by atoms with Crippen molar-refractivity contribution < 1.29 is 19.4 Å². The van der Waals surface area contributed by atoms with Gasteiger partial charge in [-0.25, -0.2) is 0 Å². The summed E-state index contributed by atoms with van der Waals surface area (Å²) in [6.07, 6.45) is 1.52. The summed E-state index contributed by atoms with van der Waals surface area (Å²) < 4.78 is 11.3. The van der Waals surface area contributed by atoms with E-state index < -0.39 is 5.97 Å². The largest absolute Gasteiger partial charge is 0.493 e. The molecule has 4 heteroatoms. The third-order valence-corrected chi connectivity index (χ3v) is 2.84. The van der Waals surface area contributed by atoms with Crippen molar-refractivity contribution in [3.05, 3.63) is 54.6 Å². The van der Waals surface area contributed by atoms with Crippen LogP contribution in [-0.2, 0) is 4.79 Å². The van der Waals surface area contributed by atoms with E-state index in [2.05, 4.69) is 0 Å². The van der Waals surface area contributed by atoms with E-state index in [1.54, 1.807) is 0 Å². The topological polar surface area (TPSA) is 55.8 Å². The Hall–Kier alpha value is -2.49. The van der Waals surface area contributed by atoms with Gasteiger partial charge in [0.1, 0.15) is 17.2 Å². The van der Waals surface area contributed by atoms with Crippen molar-refractivity contribution in [2.24, 2.45) is 0 Å². The van der Waals surface area contributed by atoms with Gasteiger partial charge in [0.2, 0.25) is 0 Å². The summed E-state index contributed by atoms with van der Waals surface area (Å²) in [6.45, 7) is 0.502. The second-order valence-corrected chi connectivity index (χ2v) is 4.59. The van der Waals surface area contributed by atoms with E-state index in [0.717, 1.165) is 17.9 Å². The summed E-state index contributed by atoms with van der Waals surface area (Å²) in [5, 5.41) is 8.55. The number of aliphatic carboxylic acids is 1. The normalized spacial score (nSPS) is 10.1. The van der Waals surface area contributed by atoms with Crippen LogP contribution in [0.4, 0.5) is 0 Å². The molecular formula is C17H18O4. The molecule has 0 radical (unpaired) electrons. The highest BCUT2D eigenvalue weighted by atomic mass is 16.5. The highest BCUT2D eigenvalue weighted by Crippen LogP contribution is 2.25.